The normalized spacial score (nSPS) is 14.8. The van der Waals surface area contributed by atoms with Gasteiger partial charge < -0.3 is 10.2 Å². The molecule has 24 heavy (non-hydrogen) atoms. The molecule has 0 saturated heterocycles. The highest BCUT2D eigenvalue weighted by Gasteiger charge is 2.19. The molecule has 0 spiro atoms. The van der Waals surface area contributed by atoms with Crippen LogP contribution in [0.15, 0.2) is 59.5 Å². The SMILES string of the molecule is C[C@@H](CCc1ccccc1)NC(=O)CN1CCSc2ccccc21. The van der Waals surface area contributed by atoms with E-state index in [0.717, 1.165) is 25.1 Å². The summed E-state index contributed by atoms with van der Waals surface area (Å²) in [6.45, 7) is 3.45. The molecule has 0 aliphatic carbocycles. The summed E-state index contributed by atoms with van der Waals surface area (Å²) in [6, 6.07) is 18.9. The van der Waals surface area contributed by atoms with Crippen LogP contribution in [-0.4, -0.2) is 30.8 Å². The third-order valence-electron chi connectivity index (χ3n) is 4.28. The van der Waals surface area contributed by atoms with E-state index in [1.165, 1.54) is 16.1 Å². The van der Waals surface area contributed by atoms with E-state index in [4.69, 9.17) is 0 Å². The lowest BCUT2D eigenvalue weighted by molar-refractivity contribution is -0.120. The van der Waals surface area contributed by atoms with Crippen LogP contribution in [0.4, 0.5) is 5.69 Å². The van der Waals surface area contributed by atoms with Crippen LogP contribution in [0.25, 0.3) is 0 Å². The summed E-state index contributed by atoms with van der Waals surface area (Å²) in [5, 5.41) is 3.14. The van der Waals surface area contributed by atoms with Gasteiger partial charge in [-0.25, -0.2) is 0 Å². The van der Waals surface area contributed by atoms with Crippen LogP contribution in [0.3, 0.4) is 0 Å². The van der Waals surface area contributed by atoms with Crippen LogP contribution in [0.5, 0.6) is 0 Å². The van der Waals surface area contributed by atoms with E-state index < -0.39 is 0 Å². The summed E-state index contributed by atoms with van der Waals surface area (Å²) >= 11 is 1.87. The molecule has 0 aromatic heterocycles. The number of anilines is 1. The van der Waals surface area contributed by atoms with E-state index in [1.54, 1.807) is 0 Å². The number of nitrogens with one attached hydrogen (secondary N) is 1. The van der Waals surface area contributed by atoms with Gasteiger partial charge in [-0.05, 0) is 37.5 Å². The zero-order chi connectivity index (χ0) is 16.8. The van der Waals surface area contributed by atoms with Gasteiger partial charge in [0.15, 0.2) is 0 Å². The number of rotatable bonds is 6. The highest BCUT2D eigenvalue weighted by molar-refractivity contribution is 7.99. The monoisotopic (exact) mass is 340 g/mol. The van der Waals surface area contributed by atoms with Gasteiger partial charge in [0.05, 0.1) is 12.2 Å². The Morgan fingerprint density at radius 2 is 1.92 bits per heavy atom. The Balaban J connectivity index is 1.49. The Morgan fingerprint density at radius 3 is 2.75 bits per heavy atom. The van der Waals surface area contributed by atoms with Crippen LogP contribution in [0, 0.1) is 0 Å². The van der Waals surface area contributed by atoms with Crippen molar-refractivity contribution in [2.45, 2.75) is 30.7 Å². The first kappa shape index (κ1) is 16.9. The Labute approximate surface area is 148 Å². The number of carbonyl (C=O) groups excluding carboxylic acids is 1. The quantitative estimate of drug-likeness (QED) is 0.869. The molecule has 1 N–H and O–H groups in total. The molecule has 0 unspecified atom stereocenters. The molecule has 2 aromatic carbocycles. The van der Waals surface area contributed by atoms with Crippen molar-refractivity contribution < 1.29 is 4.79 Å². The van der Waals surface area contributed by atoms with Gasteiger partial charge in [-0.3, -0.25) is 4.79 Å². The van der Waals surface area contributed by atoms with Crippen molar-refractivity contribution in [3.8, 4) is 0 Å². The van der Waals surface area contributed by atoms with Gasteiger partial charge in [0, 0.05) is 23.2 Å². The molecule has 126 valence electrons. The van der Waals surface area contributed by atoms with Gasteiger partial charge in [-0.15, -0.1) is 11.8 Å². The minimum atomic E-state index is 0.109. The smallest absolute Gasteiger partial charge is 0.239 e. The zero-order valence-corrected chi connectivity index (χ0v) is 14.9. The van der Waals surface area contributed by atoms with Crippen LogP contribution in [0.2, 0.25) is 0 Å². The summed E-state index contributed by atoms with van der Waals surface area (Å²) in [4.78, 5) is 15.8. The van der Waals surface area contributed by atoms with Crippen molar-refractivity contribution in [3.63, 3.8) is 0 Å². The van der Waals surface area contributed by atoms with E-state index in [2.05, 4.69) is 59.6 Å². The van der Waals surface area contributed by atoms with Crippen molar-refractivity contribution in [3.05, 3.63) is 60.2 Å². The summed E-state index contributed by atoms with van der Waals surface area (Å²) in [5.74, 6) is 1.14. The molecule has 1 aliphatic heterocycles. The number of aryl methyl sites for hydroxylation is 1. The number of carbonyl (C=O) groups is 1. The first-order valence-corrected chi connectivity index (χ1v) is 9.51. The zero-order valence-electron chi connectivity index (χ0n) is 14.1. The maximum absolute atomic E-state index is 12.4. The molecule has 1 aliphatic rings. The van der Waals surface area contributed by atoms with Gasteiger partial charge in [0.1, 0.15) is 0 Å². The van der Waals surface area contributed by atoms with Crippen LogP contribution < -0.4 is 10.2 Å². The number of benzene rings is 2. The van der Waals surface area contributed by atoms with E-state index in [1.807, 2.05) is 23.9 Å². The lowest BCUT2D eigenvalue weighted by atomic mass is 10.1. The summed E-state index contributed by atoms with van der Waals surface area (Å²) in [6.07, 6.45) is 1.95. The molecule has 0 radical (unpaired) electrons. The Bertz CT molecular complexity index is 674. The van der Waals surface area contributed by atoms with Gasteiger partial charge >= 0.3 is 0 Å². The van der Waals surface area contributed by atoms with Crippen molar-refractivity contribution in [1.29, 1.82) is 0 Å². The maximum atomic E-state index is 12.4. The van der Waals surface area contributed by atoms with E-state index in [-0.39, 0.29) is 11.9 Å². The second kappa shape index (κ2) is 8.25. The Morgan fingerprint density at radius 1 is 1.17 bits per heavy atom. The minimum absolute atomic E-state index is 0.109. The van der Waals surface area contributed by atoms with Crippen LogP contribution >= 0.6 is 11.8 Å². The number of hydrogen-bond donors (Lipinski definition) is 1. The molecule has 0 saturated carbocycles. The molecule has 1 amide bonds. The third-order valence-corrected chi connectivity index (χ3v) is 5.32. The topological polar surface area (TPSA) is 32.3 Å². The van der Waals surface area contributed by atoms with Crippen molar-refractivity contribution in [2.75, 3.05) is 23.7 Å². The number of hydrogen-bond acceptors (Lipinski definition) is 3. The van der Waals surface area contributed by atoms with E-state index in [9.17, 15) is 4.79 Å². The average molecular weight is 340 g/mol. The highest BCUT2D eigenvalue weighted by Crippen LogP contribution is 2.33. The fourth-order valence-electron chi connectivity index (χ4n) is 2.98. The highest BCUT2D eigenvalue weighted by atomic mass is 32.2. The average Bonchev–Trinajstić information content (AvgIpc) is 2.61. The summed E-state index contributed by atoms with van der Waals surface area (Å²) < 4.78 is 0. The Hall–Kier alpha value is -1.94. The minimum Gasteiger partial charge on any atom is -0.360 e. The largest absolute Gasteiger partial charge is 0.360 e. The fourth-order valence-corrected chi connectivity index (χ4v) is 4.04. The molecule has 3 nitrogen and oxygen atoms in total. The first-order valence-electron chi connectivity index (χ1n) is 8.52. The molecule has 1 heterocycles. The molecule has 2 aromatic rings. The molecule has 4 heteroatoms. The standard InChI is InChI=1S/C20H24N2OS/c1-16(11-12-17-7-3-2-4-8-17)21-20(23)15-22-13-14-24-19-10-6-5-9-18(19)22/h2-10,16H,11-15H2,1H3,(H,21,23)/t16-/m0/s1. The van der Waals surface area contributed by atoms with Crippen molar-refractivity contribution in [1.82, 2.24) is 5.32 Å². The molecule has 1 atom stereocenters. The fraction of sp³-hybridized carbons (Fsp3) is 0.350. The van der Waals surface area contributed by atoms with E-state index in [0.29, 0.717) is 6.54 Å². The second-order valence-electron chi connectivity index (χ2n) is 6.23. The number of nitrogens with zero attached hydrogens (tertiary/aromatic N) is 1. The van der Waals surface area contributed by atoms with Gasteiger partial charge in [-0.2, -0.15) is 0 Å². The molecular formula is C20H24N2OS. The number of fused-ring (bicyclic) bond motifs is 1. The predicted molar refractivity (Wildman–Crippen MR) is 102 cm³/mol. The molecule has 3 rings (SSSR count). The van der Waals surface area contributed by atoms with Gasteiger partial charge in [-0.1, -0.05) is 42.5 Å². The molecule has 0 fully saturated rings. The number of amides is 1. The first-order chi connectivity index (χ1) is 11.7. The Kier molecular flexibility index (Phi) is 5.81. The van der Waals surface area contributed by atoms with Gasteiger partial charge in [0.25, 0.3) is 0 Å². The lowest BCUT2D eigenvalue weighted by Crippen LogP contribution is -2.43. The van der Waals surface area contributed by atoms with Crippen LogP contribution in [-0.2, 0) is 11.2 Å². The predicted octanol–water partition coefficient (Wildman–Crippen LogP) is 3.74. The van der Waals surface area contributed by atoms with Crippen molar-refractivity contribution in [2.24, 2.45) is 0 Å². The third kappa shape index (κ3) is 4.54. The second-order valence-corrected chi connectivity index (χ2v) is 7.37. The number of para-hydroxylation sites is 1. The molecular weight excluding hydrogens is 316 g/mol. The molecule has 0 bridgehead atoms. The maximum Gasteiger partial charge on any atom is 0.239 e. The summed E-state index contributed by atoms with van der Waals surface area (Å²) in [7, 11) is 0. The number of thioether (sulfide) groups is 1. The van der Waals surface area contributed by atoms with E-state index >= 15 is 0 Å². The summed E-state index contributed by atoms with van der Waals surface area (Å²) in [5.41, 5.74) is 2.50. The van der Waals surface area contributed by atoms with Gasteiger partial charge in [0.2, 0.25) is 5.91 Å². The van der Waals surface area contributed by atoms with Crippen molar-refractivity contribution >= 4 is 23.4 Å². The van der Waals surface area contributed by atoms with Crippen LogP contribution in [0.1, 0.15) is 18.9 Å². The lowest BCUT2D eigenvalue weighted by Gasteiger charge is -2.30.